The van der Waals surface area contributed by atoms with Gasteiger partial charge in [0, 0.05) is 18.7 Å². The van der Waals surface area contributed by atoms with E-state index in [4.69, 9.17) is 0 Å². The molecule has 140 valence electrons. The van der Waals surface area contributed by atoms with Crippen LogP contribution in [-0.4, -0.2) is 26.4 Å². The summed E-state index contributed by atoms with van der Waals surface area (Å²) in [7, 11) is 0. The number of aromatic nitrogens is 3. The van der Waals surface area contributed by atoms with Crippen LogP contribution in [0.25, 0.3) is 0 Å². The Balaban J connectivity index is 1.64. The molecule has 0 bridgehead atoms. The summed E-state index contributed by atoms with van der Waals surface area (Å²) in [5.41, 5.74) is 4.24. The highest BCUT2D eigenvalue weighted by Crippen LogP contribution is 2.21. The van der Waals surface area contributed by atoms with Crippen molar-refractivity contribution in [1.29, 1.82) is 0 Å². The monoisotopic (exact) mass is 380 g/mol. The zero-order valence-electron chi connectivity index (χ0n) is 15.9. The largest absolute Gasteiger partial charge is 0.325 e. The molecular weight excluding hydrogens is 356 g/mol. The lowest BCUT2D eigenvalue weighted by atomic mass is 10.1. The third-order valence-corrected chi connectivity index (χ3v) is 5.28. The molecule has 0 fully saturated rings. The van der Waals surface area contributed by atoms with Crippen LogP contribution in [0.15, 0.2) is 53.7 Å². The number of anilines is 1. The predicted molar refractivity (Wildman–Crippen MR) is 110 cm³/mol. The first-order valence-corrected chi connectivity index (χ1v) is 10.0. The summed E-state index contributed by atoms with van der Waals surface area (Å²) in [5, 5.41) is 12.4. The highest BCUT2D eigenvalue weighted by atomic mass is 32.2. The Morgan fingerprint density at radius 2 is 1.89 bits per heavy atom. The zero-order valence-corrected chi connectivity index (χ0v) is 16.7. The minimum Gasteiger partial charge on any atom is -0.325 e. The van der Waals surface area contributed by atoms with Crippen LogP contribution in [0.2, 0.25) is 0 Å². The molecule has 1 amide bonds. The van der Waals surface area contributed by atoms with E-state index in [9.17, 15) is 4.79 Å². The first-order chi connectivity index (χ1) is 13.1. The van der Waals surface area contributed by atoms with Crippen molar-refractivity contribution in [2.24, 2.45) is 0 Å². The van der Waals surface area contributed by atoms with Crippen molar-refractivity contribution >= 4 is 23.4 Å². The molecule has 0 saturated carbocycles. The number of hydrogen-bond acceptors (Lipinski definition) is 4. The Morgan fingerprint density at radius 1 is 1.11 bits per heavy atom. The van der Waals surface area contributed by atoms with Gasteiger partial charge in [-0.3, -0.25) is 4.79 Å². The van der Waals surface area contributed by atoms with Crippen molar-refractivity contribution in [3.63, 3.8) is 0 Å². The van der Waals surface area contributed by atoms with Crippen molar-refractivity contribution in [3.8, 4) is 0 Å². The first kappa shape index (κ1) is 19.2. The smallest absolute Gasteiger partial charge is 0.234 e. The molecule has 27 heavy (non-hydrogen) atoms. The average Bonchev–Trinajstić information content (AvgIpc) is 3.05. The lowest BCUT2D eigenvalue weighted by molar-refractivity contribution is -0.113. The average molecular weight is 381 g/mol. The van der Waals surface area contributed by atoms with E-state index in [1.54, 1.807) is 0 Å². The molecule has 0 aliphatic carbocycles. The van der Waals surface area contributed by atoms with Crippen molar-refractivity contribution in [1.82, 2.24) is 14.8 Å². The van der Waals surface area contributed by atoms with Gasteiger partial charge >= 0.3 is 0 Å². The molecular formula is C21H24N4OS. The number of carbonyl (C=O) groups is 1. The van der Waals surface area contributed by atoms with Crippen LogP contribution in [0, 0.1) is 13.8 Å². The second-order valence-electron chi connectivity index (χ2n) is 6.46. The number of amides is 1. The van der Waals surface area contributed by atoms with E-state index >= 15 is 0 Å². The van der Waals surface area contributed by atoms with Crippen molar-refractivity contribution < 1.29 is 4.79 Å². The molecule has 0 spiro atoms. The molecule has 6 heteroatoms. The summed E-state index contributed by atoms with van der Waals surface area (Å²) in [5.74, 6) is 1.18. The quantitative estimate of drug-likeness (QED) is 0.623. The van der Waals surface area contributed by atoms with Crippen LogP contribution in [0.5, 0.6) is 0 Å². The number of benzene rings is 2. The van der Waals surface area contributed by atoms with Gasteiger partial charge in [-0.15, -0.1) is 10.2 Å². The van der Waals surface area contributed by atoms with Crippen LogP contribution >= 0.6 is 11.8 Å². The Labute approximate surface area is 164 Å². The fourth-order valence-electron chi connectivity index (χ4n) is 2.84. The standard InChI is InChI=1S/C21H24N4OS/c1-4-25-19(13-17-8-6-5-7-9-17)23-24-21(25)27-14-20(26)22-18-12-15(2)10-11-16(18)3/h5-12H,4,13-14H2,1-3H3,(H,22,26). The Bertz CT molecular complexity index is 921. The summed E-state index contributed by atoms with van der Waals surface area (Å²) in [6, 6.07) is 16.3. The van der Waals surface area contributed by atoms with Crippen LogP contribution < -0.4 is 5.32 Å². The minimum atomic E-state index is -0.0380. The molecule has 2 aromatic carbocycles. The van der Waals surface area contributed by atoms with Gasteiger partial charge in [-0.25, -0.2) is 0 Å². The lowest BCUT2D eigenvalue weighted by Crippen LogP contribution is -2.15. The van der Waals surface area contributed by atoms with Gasteiger partial charge in [0.1, 0.15) is 5.82 Å². The van der Waals surface area contributed by atoms with Gasteiger partial charge in [0.25, 0.3) is 0 Å². The second-order valence-corrected chi connectivity index (χ2v) is 7.40. The van der Waals surface area contributed by atoms with Crippen LogP contribution in [0.1, 0.15) is 29.4 Å². The summed E-state index contributed by atoms with van der Waals surface area (Å²) in [6.45, 7) is 6.85. The van der Waals surface area contributed by atoms with Gasteiger partial charge in [-0.1, -0.05) is 54.2 Å². The highest BCUT2D eigenvalue weighted by molar-refractivity contribution is 7.99. The van der Waals surface area contributed by atoms with Gasteiger partial charge in [-0.2, -0.15) is 0 Å². The van der Waals surface area contributed by atoms with Gasteiger partial charge in [0.15, 0.2) is 5.16 Å². The normalized spacial score (nSPS) is 10.8. The number of nitrogens with zero attached hydrogens (tertiary/aromatic N) is 3. The van der Waals surface area contributed by atoms with E-state index in [2.05, 4.69) is 39.1 Å². The van der Waals surface area contributed by atoms with E-state index < -0.39 is 0 Å². The van der Waals surface area contributed by atoms with Crippen molar-refractivity contribution in [2.45, 2.75) is 38.9 Å². The van der Waals surface area contributed by atoms with E-state index in [0.717, 1.165) is 40.8 Å². The molecule has 0 aliphatic heterocycles. The molecule has 1 heterocycles. The Kier molecular flexibility index (Phi) is 6.29. The lowest BCUT2D eigenvalue weighted by Gasteiger charge is -2.10. The summed E-state index contributed by atoms with van der Waals surface area (Å²) in [6.07, 6.45) is 0.733. The maximum Gasteiger partial charge on any atom is 0.234 e. The number of carbonyl (C=O) groups excluding carboxylic acids is 1. The maximum absolute atomic E-state index is 12.4. The molecule has 1 N–H and O–H groups in total. The summed E-state index contributed by atoms with van der Waals surface area (Å²) >= 11 is 1.42. The fraction of sp³-hybridized carbons (Fsp3) is 0.286. The van der Waals surface area contributed by atoms with E-state index in [1.807, 2.05) is 50.2 Å². The molecule has 0 radical (unpaired) electrons. The number of aryl methyl sites for hydroxylation is 2. The second kappa shape index (κ2) is 8.86. The molecule has 3 rings (SSSR count). The fourth-order valence-corrected chi connectivity index (χ4v) is 3.66. The van der Waals surface area contributed by atoms with Crippen LogP contribution in [-0.2, 0) is 17.8 Å². The molecule has 0 aliphatic rings. The topological polar surface area (TPSA) is 59.8 Å². The number of hydrogen-bond donors (Lipinski definition) is 1. The van der Waals surface area contributed by atoms with Crippen LogP contribution in [0.4, 0.5) is 5.69 Å². The maximum atomic E-state index is 12.4. The predicted octanol–water partition coefficient (Wildman–Crippen LogP) is 4.24. The molecule has 1 aromatic heterocycles. The molecule has 0 unspecified atom stereocenters. The highest BCUT2D eigenvalue weighted by Gasteiger charge is 2.14. The first-order valence-electron chi connectivity index (χ1n) is 9.02. The minimum absolute atomic E-state index is 0.0380. The molecule has 0 atom stereocenters. The number of nitrogens with one attached hydrogen (secondary N) is 1. The number of rotatable bonds is 7. The van der Waals surface area contributed by atoms with Gasteiger partial charge < -0.3 is 9.88 Å². The third kappa shape index (κ3) is 4.98. The summed E-state index contributed by atoms with van der Waals surface area (Å²) in [4.78, 5) is 12.4. The number of thioether (sulfide) groups is 1. The van der Waals surface area contributed by atoms with E-state index in [0.29, 0.717) is 5.75 Å². The SMILES string of the molecule is CCn1c(Cc2ccccc2)nnc1SCC(=O)Nc1cc(C)ccc1C. The van der Waals surface area contributed by atoms with Crippen molar-refractivity contribution in [2.75, 3.05) is 11.1 Å². The van der Waals surface area contributed by atoms with Gasteiger partial charge in [0.05, 0.1) is 5.75 Å². The van der Waals surface area contributed by atoms with Gasteiger partial charge in [-0.05, 0) is 43.5 Å². The molecule has 5 nitrogen and oxygen atoms in total. The van der Waals surface area contributed by atoms with E-state index in [-0.39, 0.29) is 5.91 Å². The third-order valence-electron chi connectivity index (χ3n) is 4.31. The molecule has 3 aromatic rings. The zero-order chi connectivity index (χ0) is 19.2. The molecule has 0 saturated heterocycles. The van der Waals surface area contributed by atoms with E-state index in [1.165, 1.54) is 17.3 Å². The van der Waals surface area contributed by atoms with Crippen molar-refractivity contribution in [3.05, 3.63) is 71.0 Å². The Hall–Kier alpha value is -2.60. The Morgan fingerprint density at radius 3 is 2.63 bits per heavy atom. The van der Waals surface area contributed by atoms with Gasteiger partial charge in [0.2, 0.25) is 5.91 Å². The van der Waals surface area contributed by atoms with Crippen LogP contribution in [0.3, 0.4) is 0 Å². The summed E-state index contributed by atoms with van der Waals surface area (Å²) < 4.78 is 2.07.